The maximum absolute atomic E-state index is 13.4. The molecule has 150 valence electrons. The molecule has 0 radical (unpaired) electrons. The summed E-state index contributed by atoms with van der Waals surface area (Å²) in [5.41, 5.74) is -1.79. The van der Waals surface area contributed by atoms with E-state index >= 15 is 0 Å². The fraction of sp³-hybridized carbons (Fsp3) is 0.529. The first kappa shape index (κ1) is 20.7. The zero-order chi connectivity index (χ0) is 20.4. The van der Waals surface area contributed by atoms with E-state index in [0.717, 1.165) is 6.07 Å². The average Bonchev–Trinajstić information content (AvgIpc) is 2.52. The number of hydrogen-bond acceptors (Lipinski definition) is 4. The Kier molecular flexibility index (Phi) is 5.76. The van der Waals surface area contributed by atoms with Crippen LogP contribution in [0.3, 0.4) is 0 Å². The fourth-order valence-electron chi connectivity index (χ4n) is 2.70. The molecule has 0 aliphatic carbocycles. The van der Waals surface area contributed by atoms with Crippen molar-refractivity contribution in [2.75, 3.05) is 36.4 Å². The zero-order valence-electron chi connectivity index (χ0n) is 15.3. The molecule has 0 spiro atoms. The van der Waals surface area contributed by atoms with Crippen LogP contribution in [0.1, 0.15) is 26.3 Å². The van der Waals surface area contributed by atoms with Crippen molar-refractivity contribution < 1.29 is 32.6 Å². The number of nitrogens with zero attached hydrogens (tertiary/aromatic N) is 2. The van der Waals surface area contributed by atoms with Gasteiger partial charge in [0.1, 0.15) is 5.60 Å². The highest BCUT2D eigenvalue weighted by Gasteiger charge is 2.36. The van der Waals surface area contributed by atoms with Crippen molar-refractivity contribution in [3.05, 3.63) is 23.8 Å². The van der Waals surface area contributed by atoms with Crippen LogP contribution in [0, 0.1) is 0 Å². The Labute approximate surface area is 154 Å². The first-order valence-electron chi connectivity index (χ1n) is 8.31. The number of carbonyl (C=O) groups is 2. The molecule has 0 atom stereocenters. The quantitative estimate of drug-likeness (QED) is 0.803. The first-order valence-corrected chi connectivity index (χ1v) is 8.31. The van der Waals surface area contributed by atoms with Crippen molar-refractivity contribution in [1.29, 1.82) is 0 Å². The summed E-state index contributed by atoms with van der Waals surface area (Å²) in [6.07, 6.45) is -6.59. The summed E-state index contributed by atoms with van der Waals surface area (Å²) in [7, 11) is 0. The lowest BCUT2D eigenvalue weighted by molar-refractivity contribution is -0.137. The van der Waals surface area contributed by atoms with Gasteiger partial charge < -0.3 is 19.6 Å². The average molecular weight is 389 g/mol. The van der Waals surface area contributed by atoms with Crippen LogP contribution in [0.2, 0.25) is 0 Å². The van der Waals surface area contributed by atoms with Crippen LogP contribution in [0.15, 0.2) is 18.2 Å². The van der Waals surface area contributed by atoms with Crippen molar-refractivity contribution in [1.82, 2.24) is 4.90 Å². The summed E-state index contributed by atoms with van der Waals surface area (Å²) in [6.45, 7) is 6.07. The number of carboxylic acid groups (broad SMARTS) is 1. The van der Waals surface area contributed by atoms with Crippen molar-refractivity contribution in [2.45, 2.75) is 32.5 Å². The second-order valence-electron chi connectivity index (χ2n) is 7.11. The number of alkyl halides is 3. The molecule has 0 saturated carbocycles. The van der Waals surface area contributed by atoms with Gasteiger partial charge in [0.25, 0.3) is 0 Å². The molecule has 0 aromatic heterocycles. The minimum atomic E-state index is -4.65. The summed E-state index contributed by atoms with van der Waals surface area (Å²) in [6, 6.07) is 3.28. The van der Waals surface area contributed by atoms with Gasteiger partial charge in [-0.2, -0.15) is 13.2 Å². The van der Waals surface area contributed by atoms with Crippen molar-refractivity contribution in [3.8, 4) is 0 Å². The number of halogens is 3. The molecule has 1 aromatic carbocycles. The van der Waals surface area contributed by atoms with E-state index in [1.54, 1.807) is 20.8 Å². The molecule has 1 aliphatic rings. The minimum absolute atomic E-state index is 0.0534. The van der Waals surface area contributed by atoms with E-state index in [0.29, 0.717) is 0 Å². The zero-order valence-corrected chi connectivity index (χ0v) is 15.3. The van der Waals surface area contributed by atoms with Crippen molar-refractivity contribution in [2.24, 2.45) is 0 Å². The molecule has 10 heteroatoms. The molecule has 1 aliphatic heterocycles. The number of amides is 2. The number of ether oxygens (including phenoxy) is 1. The molecule has 7 nitrogen and oxygen atoms in total. The Hall–Kier alpha value is -2.65. The molecule has 0 unspecified atom stereocenters. The van der Waals surface area contributed by atoms with Crippen LogP contribution in [-0.2, 0) is 10.9 Å². The van der Waals surface area contributed by atoms with Gasteiger partial charge in [0.2, 0.25) is 0 Å². The smallest absolute Gasteiger partial charge is 0.418 e. The molecular formula is C17H22F3N3O4. The highest BCUT2D eigenvalue weighted by atomic mass is 19.4. The van der Waals surface area contributed by atoms with Crippen molar-refractivity contribution >= 4 is 23.6 Å². The number of anilines is 2. The van der Waals surface area contributed by atoms with E-state index in [9.17, 15) is 22.8 Å². The van der Waals surface area contributed by atoms with Crippen LogP contribution >= 0.6 is 0 Å². The van der Waals surface area contributed by atoms with E-state index < -0.39 is 29.5 Å². The number of carbonyl (C=O) groups excluding carboxylic acids is 1. The second-order valence-corrected chi connectivity index (χ2v) is 7.11. The van der Waals surface area contributed by atoms with Crippen LogP contribution in [0.5, 0.6) is 0 Å². The predicted octanol–water partition coefficient (Wildman–Crippen LogP) is 3.85. The van der Waals surface area contributed by atoms with Gasteiger partial charge in [0, 0.05) is 37.6 Å². The molecular weight excluding hydrogens is 367 g/mol. The Morgan fingerprint density at radius 2 is 1.70 bits per heavy atom. The summed E-state index contributed by atoms with van der Waals surface area (Å²) >= 11 is 0. The number of benzene rings is 1. The van der Waals surface area contributed by atoms with Crippen molar-refractivity contribution in [3.63, 3.8) is 0 Å². The number of piperazine rings is 1. The van der Waals surface area contributed by atoms with E-state index in [1.807, 2.05) is 5.32 Å². The highest BCUT2D eigenvalue weighted by molar-refractivity contribution is 5.83. The van der Waals surface area contributed by atoms with Gasteiger partial charge in [-0.25, -0.2) is 9.59 Å². The van der Waals surface area contributed by atoms with E-state index in [-0.39, 0.29) is 37.6 Å². The van der Waals surface area contributed by atoms with E-state index in [2.05, 4.69) is 0 Å². The number of hydrogen-bond donors (Lipinski definition) is 2. The third-order valence-electron chi connectivity index (χ3n) is 3.83. The second kappa shape index (κ2) is 7.53. The van der Waals surface area contributed by atoms with Gasteiger partial charge in [0.05, 0.1) is 5.56 Å². The molecule has 1 saturated heterocycles. The SMILES string of the molecule is CC(C)(C)OC(=O)N1CCN(c2ccc(NC(=O)O)cc2C(F)(F)F)CC1. The van der Waals surface area contributed by atoms with Gasteiger partial charge in [-0.05, 0) is 39.0 Å². The lowest BCUT2D eigenvalue weighted by atomic mass is 10.1. The predicted molar refractivity (Wildman–Crippen MR) is 93.1 cm³/mol. The third kappa shape index (κ3) is 5.66. The maximum Gasteiger partial charge on any atom is 0.418 e. The Morgan fingerprint density at radius 1 is 1.11 bits per heavy atom. The lowest BCUT2D eigenvalue weighted by Crippen LogP contribution is -2.50. The molecule has 2 rings (SSSR count). The fourth-order valence-corrected chi connectivity index (χ4v) is 2.70. The maximum atomic E-state index is 13.4. The monoisotopic (exact) mass is 389 g/mol. The van der Waals surface area contributed by atoms with Gasteiger partial charge in [0.15, 0.2) is 0 Å². The Bertz CT molecular complexity index is 708. The van der Waals surface area contributed by atoms with Crippen LogP contribution in [-0.4, -0.2) is 54.0 Å². The van der Waals surface area contributed by atoms with E-state index in [1.165, 1.54) is 21.9 Å². The molecule has 27 heavy (non-hydrogen) atoms. The number of rotatable bonds is 2. The largest absolute Gasteiger partial charge is 0.465 e. The normalized spacial score (nSPS) is 15.5. The molecule has 1 aromatic rings. The lowest BCUT2D eigenvalue weighted by Gasteiger charge is -2.37. The molecule has 0 bridgehead atoms. The van der Waals surface area contributed by atoms with Gasteiger partial charge in [-0.1, -0.05) is 0 Å². The molecule has 1 fully saturated rings. The standard InChI is InChI=1S/C17H22F3N3O4/c1-16(2,3)27-15(26)23-8-6-22(7-9-23)13-5-4-11(21-14(24)25)10-12(13)17(18,19)20/h4-5,10,21H,6-9H2,1-3H3,(H,24,25). The topological polar surface area (TPSA) is 82.1 Å². The first-order chi connectivity index (χ1) is 12.4. The van der Waals surface area contributed by atoms with Crippen LogP contribution in [0.25, 0.3) is 0 Å². The van der Waals surface area contributed by atoms with Gasteiger partial charge in [-0.15, -0.1) is 0 Å². The van der Waals surface area contributed by atoms with E-state index in [4.69, 9.17) is 9.84 Å². The molecule has 2 amide bonds. The Balaban J connectivity index is 2.15. The summed E-state index contributed by atoms with van der Waals surface area (Å²) in [4.78, 5) is 25.7. The third-order valence-corrected chi connectivity index (χ3v) is 3.83. The summed E-state index contributed by atoms with van der Waals surface area (Å²) in [5, 5.41) is 10.6. The van der Waals surface area contributed by atoms with Gasteiger partial charge >= 0.3 is 18.4 Å². The summed E-state index contributed by atoms with van der Waals surface area (Å²) < 4.78 is 45.5. The molecule has 2 N–H and O–H groups in total. The molecule has 1 heterocycles. The summed E-state index contributed by atoms with van der Waals surface area (Å²) in [5.74, 6) is 0. The van der Waals surface area contributed by atoms with Crippen LogP contribution in [0.4, 0.5) is 34.1 Å². The Morgan fingerprint density at radius 3 is 2.19 bits per heavy atom. The number of nitrogens with one attached hydrogen (secondary N) is 1. The highest BCUT2D eigenvalue weighted by Crippen LogP contribution is 2.38. The minimum Gasteiger partial charge on any atom is -0.465 e. The van der Waals surface area contributed by atoms with Gasteiger partial charge in [-0.3, -0.25) is 5.32 Å². The van der Waals surface area contributed by atoms with Crippen LogP contribution < -0.4 is 10.2 Å².